The van der Waals surface area contributed by atoms with Crippen LogP contribution in [0.1, 0.15) is 0 Å². The highest BCUT2D eigenvalue weighted by atomic mass is 35.5. The molecule has 0 spiro atoms. The number of benzene rings is 2. The summed E-state index contributed by atoms with van der Waals surface area (Å²) in [5.41, 5.74) is 1.58. The van der Waals surface area contributed by atoms with Crippen molar-refractivity contribution in [2.75, 3.05) is 0 Å². The van der Waals surface area contributed by atoms with Crippen LogP contribution in [0.3, 0.4) is 0 Å². The summed E-state index contributed by atoms with van der Waals surface area (Å²) in [7, 11) is 0. The molecule has 0 unspecified atom stereocenters. The standard InChI is InChI=1S/C17H10Cl2NO3/c18-14-9-6-12(10-15(14)19)17-3-1-2-16(23-17)11-4-7-13(8-5-11)20(21)22/h1-10H/q+1. The molecule has 0 amide bonds. The van der Waals surface area contributed by atoms with Gasteiger partial charge in [0.1, 0.15) is 0 Å². The Labute approximate surface area is 142 Å². The largest absolute Gasteiger partial charge is 0.360 e. The maximum absolute atomic E-state index is 10.7. The Morgan fingerprint density at radius 1 is 0.826 bits per heavy atom. The first-order chi connectivity index (χ1) is 11.0. The van der Waals surface area contributed by atoms with E-state index in [9.17, 15) is 10.1 Å². The first-order valence-electron chi connectivity index (χ1n) is 6.68. The van der Waals surface area contributed by atoms with Crippen LogP contribution in [0.15, 0.2) is 65.1 Å². The first-order valence-corrected chi connectivity index (χ1v) is 7.43. The lowest BCUT2D eigenvalue weighted by Crippen LogP contribution is -1.87. The maximum atomic E-state index is 10.7. The van der Waals surface area contributed by atoms with Gasteiger partial charge in [-0.05, 0) is 36.4 Å². The average Bonchev–Trinajstić information content (AvgIpc) is 2.57. The van der Waals surface area contributed by atoms with Gasteiger partial charge in [0.05, 0.1) is 26.1 Å². The first kappa shape index (κ1) is 15.5. The second kappa shape index (κ2) is 6.36. The van der Waals surface area contributed by atoms with Gasteiger partial charge in [0.15, 0.2) is 0 Å². The van der Waals surface area contributed by atoms with Crippen LogP contribution in [-0.4, -0.2) is 4.92 Å². The number of rotatable bonds is 3. The van der Waals surface area contributed by atoms with Crippen molar-refractivity contribution in [2.45, 2.75) is 0 Å². The Balaban J connectivity index is 1.99. The van der Waals surface area contributed by atoms with Crippen LogP contribution >= 0.6 is 23.2 Å². The minimum atomic E-state index is -0.437. The van der Waals surface area contributed by atoms with Crippen LogP contribution in [0.4, 0.5) is 5.69 Å². The summed E-state index contributed by atoms with van der Waals surface area (Å²) in [5.74, 6) is 1.22. The summed E-state index contributed by atoms with van der Waals surface area (Å²) in [5, 5.41) is 11.6. The highest BCUT2D eigenvalue weighted by molar-refractivity contribution is 6.42. The van der Waals surface area contributed by atoms with Crippen molar-refractivity contribution in [3.8, 4) is 22.6 Å². The van der Waals surface area contributed by atoms with Crippen LogP contribution in [0.5, 0.6) is 0 Å². The van der Waals surface area contributed by atoms with Gasteiger partial charge >= 0.3 is 11.5 Å². The Morgan fingerprint density at radius 2 is 1.43 bits per heavy atom. The van der Waals surface area contributed by atoms with Crippen molar-refractivity contribution in [3.63, 3.8) is 0 Å². The highest BCUT2D eigenvalue weighted by Crippen LogP contribution is 2.31. The lowest BCUT2D eigenvalue weighted by molar-refractivity contribution is -0.384. The Hall–Kier alpha value is -2.43. The van der Waals surface area contributed by atoms with Gasteiger partial charge in [-0.3, -0.25) is 10.1 Å². The van der Waals surface area contributed by atoms with E-state index in [1.165, 1.54) is 12.1 Å². The third kappa shape index (κ3) is 3.33. The van der Waals surface area contributed by atoms with Crippen LogP contribution < -0.4 is 0 Å². The monoisotopic (exact) mass is 346 g/mol. The average molecular weight is 347 g/mol. The summed E-state index contributed by atoms with van der Waals surface area (Å²) in [6.07, 6.45) is 0. The molecule has 3 rings (SSSR count). The van der Waals surface area contributed by atoms with Gasteiger partial charge in [-0.1, -0.05) is 23.2 Å². The van der Waals surface area contributed by atoms with Gasteiger partial charge in [0.25, 0.3) is 5.69 Å². The van der Waals surface area contributed by atoms with Crippen LogP contribution in [0.25, 0.3) is 22.6 Å². The van der Waals surface area contributed by atoms with Gasteiger partial charge in [-0.2, -0.15) is 0 Å². The van der Waals surface area contributed by atoms with E-state index in [2.05, 4.69) is 0 Å². The molecule has 0 aliphatic rings. The summed E-state index contributed by atoms with van der Waals surface area (Å²) >= 11 is 11.9. The number of nitrogens with zero attached hydrogens (tertiary/aromatic N) is 1. The molecule has 0 saturated heterocycles. The molecule has 0 radical (unpaired) electrons. The Kier molecular flexibility index (Phi) is 4.28. The molecule has 0 N–H and O–H groups in total. The molecule has 0 aliphatic heterocycles. The number of hydrogen-bond donors (Lipinski definition) is 0. The fourth-order valence-electron chi connectivity index (χ4n) is 2.12. The molecule has 2 aromatic carbocycles. The zero-order valence-electron chi connectivity index (χ0n) is 11.7. The van der Waals surface area contributed by atoms with E-state index in [1.807, 2.05) is 18.2 Å². The van der Waals surface area contributed by atoms with Crippen LogP contribution in [0, 0.1) is 10.1 Å². The fraction of sp³-hybridized carbons (Fsp3) is 0. The molecular weight excluding hydrogens is 337 g/mol. The van der Waals surface area contributed by atoms with E-state index < -0.39 is 4.92 Å². The zero-order valence-corrected chi connectivity index (χ0v) is 13.2. The van der Waals surface area contributed by atoms with Crippen molar-refractivity contribution >= 4 is 28.9 Å². The third-order valence-corrected chi connectivity index (χ3v) is 4.02. The molecule has 0 atom stereocenters. The number of halogens is 2. The summed E-state index contributed by atoms with van der Waals surface area (Å²) in [6.45, 7) is 0. The normalized spacial score (nSPS) is 10.5. The van der Waals surface area contributed by atoms with Gasteiger partial charge in [0.2, 0.25) is 0 Å². The van der Waals surface area contributed by atoms with E-state index in [4.69, 9.17) is 27.6 Å². The smallest absolute Gasteiger partial charge is 0.258 e. The summed E-state index contributed by atoms with van der Waals surface area (Å²) in [4.78, 5) is 10.3. The quantitative estimate of drug-likeness (QED) is 0.326. The minimum absolute atomic E-state index is 0.0365. The molecular formula is C17H10Cl2NO3+. The second-order valence-electron chi connectivity index (χ2n) is 4.79. The lowest BCUT2D eigenvalue weighted by Gasteiger charge is -1.97. The Morgan fingerprint density at radius 3 is 2.04 bits per heavy atom. The molecule has 1 heterocycles. The van der Waals surface area contributed by atoms with Crippen molar-refractivity contribution in [1.82, 2.24) is 0 Å². The topological polar surface area (TPSA) is 54.4 Å². The SMILES string of the molecule is O=[N+]([O-])c1ccc(-c2cccc(-c3ccc(Cl)c(Cl)c3)[o+]2)cc1. The van der Waals surface area contributed by atoms with E-state index >= 15 is 0 Å². The molecule has 23 heavy (non-hydrogen) atoms. The fourth-order valence-corrected chi connectivity index (χ4v) is 2.41. The molecule has 0 saturated carbocycles. The van der Waals surface area contributed by atoms with E-state index in [0.29, 0.717) is 21.6 Å². The predicted octanol–water partition coefficient (Wildman–Crippen LogP) is 6.11. The van der Waals surface area contributed by atoms with Crippen molar-refractivity contribution in [2.24, 2.45) is 0 Å². The van der Waals surface area contributed by atoms with E-state index in [0.717, 1.165) is 11.1 Å². The second-order valence-corrected chi connectivity index (χ2v) is 5.60. The number of non-ortho nitro benzene ring substituents is 1. The van der Waals surface area contributed by atoms with Crippen molar-refractivity contribution in [1.29, 1.82) is 0 Å². The molecule has 3 aromatic rings. The van der Waals surface area contributed by atoms with Gasteiger partial charge in [-0.25, -0.2) is 4.42 Å². The van der Waals surface area contributed by atoms with Crippen molar-refractivity contribution in [3.05, 3.63) is 80.8 Å². The Bertz CT molecular complexity index is 879. The molecule has 4 nitrogen and oxygen atoms in total. The predicted molar refractivity (Wildman–Crippen MR) is 90.7 cm³/mol. The molecule has 0 bridgehead atoms. The maximum Gasteiger partial charge on any atom is 0.360 e. The van der Waals surface area contributed by atoms with Crippen LogP contribution in [-0.2, 0) is 0 Å². The zero-order chi connectivity index (χ0) is 16.4. The van der Waals surface area contributed by atoms with E-state index in [-0.39, 0.29) is 5.69 Å². The summed E-state index contributed by atoms with van der Waals surface area (Å²) in [6, 6.07) is 16.9. The van der Waals surface area contributed by atoms with Gasteiger partial charge < -0.3 is 0 Å². The number of nitro groups is 1. The van der Waals surface area contributed by atoms with Crippen molar-refractivity contribution < 1.29 is 9.34 Å². The minimum Gasteiger partial charge on any atom is -0.258 e. The molecule has 0 fully saturated rings. The summed E-state index contributed by atoms with van der Waals surface area (Å²) < 4.78 is 5.87. The molecule has 114 valence electrons. The highest BCUT2D eigenvalue weighted by Gasteiger charge is 2.18. The molecule has 6 heteroatoms. The van der Waals surface area contributed by atoms with E-state index in [1.54, 1.807) is 30.3 Å². The third-order valence-electron chi connectivity index (χ3n) is 3.28. The van der Waals surface area contributed by atoms with Gasteiger partial charge in [-0.15, -0.1) is 0 Å². The lowest BCUT2D eigenvalue weighted by atomic mass is 10.1. The molecule has 1 aromatic heterocycles. The van der Waals surface area contributed by atoms with Gasteiger partial charge in [0, 0.05) is 24.3 Å². The number of hydrogen-bond acceptors (Lipinski definition) is 2. The van der Waals surface area contributed by atoms with Crippen LogP contribution in [0.2, 0.25) is 10.0 Å². The number of nitro benzene ring substituents is 1. The molecule has 0 aliphatic carbocycles.